The molecule has 4 atom stereocenters. The third kappa shape index (κ3) is 3.18. The van der Waals surface area contributed by atoms with Gasteiger partial charge in [-0.3, -0.25) is 4.90 Å². The summed E-state index contributed by atoms with van der Waals surface area (Å²) in [6, 6.07) is 0.777. The van der Waals surface area contributed by atoms with E-state index in [0.29, 0.717) is 24.3 Å². The van der Waals surface area contributed by atoms with Crippen LogP contribution in [-0.2, 0) is 0 Å². The summed E-state index contributed by atoms with van der Waals surface area (Å²) in [5.41, 5.74) is 0. The minimum Gasteiger partial charge on any atom is -0.316 e. The van der Waals surface area contributed by atoms with Gasteiger partial charge >= 0.3 is 6.18 Å². The van der Waals surface area contributed by atoms with Gasteiger partial charge in [0.15, 0.2) is 0 Å². The number of likely N-dealkylation sites (tertiary alicyclic amines) is 1. The maximum absolute atomic E-state index is 12.1. The number of nitrogens with one attached hydrogen (secondary N) is 1. The standard InChI is InChI=1S/C13H23F3N2/c1-9(4-3-5-13(14,15)16)18-8-11-6-17-7-12(11)10(18)2/h9-12,17H,3-8H2,1-2H3. The maximum Gasteiger partial charge on any atom is 0.389 e. The van der Waals surface area contributed by atoms with Crippen molar-refractivity contribution >= 4 is 0 Å². The molecule has 2 heterocycles. The zero-order valence-electron chi connectivity index (χ0n) is 11.1. The number of fused-ring (bicyclic) bond motifs is 1. The molecule has 2 fully saturated rings. The molecule has 0 radical (unpaired) electrons. The molecular weight excluding hydrogens is 241 g/mol. The van der Waals surface area contributed by atoms with Crippen LogP contribution in [0.25, 0.3) is 0 Å². The Bertz CT molecular complexity index is 280. The Morgan fingerprint density at radius 2 is 2.06 bits per heavy atom. The van der Waals surface area contributed by atoms with Crippen molar-refractivity contribution in [1.29, 1.82) is 0 Å². The van der Waals surface area contributed by atoms with Gasteiger partial charge in [0.25, 0.3) is 0 Å². The molecule has 0 amide bonds. The van der Waals surface area contributed by atoms with Crippen LogP contribution < -0.4 is 5.32 Å². The van der Waals surface area contributed by atoms with Crippen LogP contribution in [0.4, 0.5) is 13.2 Å². The molecule has 2 aliphatic heterocycles. The van der Waals surface area contributed by atoms with Gasteiger partial charge in [0, 0.05) is 25.0 Å². The fourth-order valence-corrected chi connectivity index (χ4v) is 3.55. The molecule has 2 rings (SSSR count). The first-order chi connectivity index (χ1) is 8.38. The first-order valence-corrected chi connectivity index (χ1v) is 6.91. The van der Waals surface area contributed by atoms with Crippen molar-refractivity contribution in [3.8, 4) is 0 Å². The largest absolute Gasteiger partial charge is 0.389 e. The quantitative estimate of drug-likeness (QED) is 0.839. The van der Waals surface area contributed by atoms with Crippen LogP contribution in [0.15, 0.2) is 0 Å². The Morgan fingerprint density at radius 3 is 2.67 bits per heavy atom. The number of nitrogens with zero attached hydrogens (tertiary/aromatic N) is 1. The summed E-state index contributed by atoms with van der Waals surface area (Å²) < 4.78 is 36.4. The van der Waals surface area contributed by atoms with E-state index in [1.165, 1.54) is 0 Å². The van der Waals surface area contributed by atoms with Crippen molar-refractivity contribution in [2.75, 3.05) is 19.6 Å². The minimum absolute atomic E-state index is 0.251. The van der Waals surface area contributed by atoms with Crippen molar-refractivity contribution < 1.29 is 13.2 Å². The van der Waals surface area contributed by atoms with E-state index in [4.69, 9.17) is 0 Å². The summed E-state index contributed by atoms with van der Waals surface area (Å²) in [5.74, 6) is 1.39. The molecule has 0 saturated carbocycles. The zero-order chi connectivity index (χ0) is 13.3. The molecule has 2 nitrogen and oxygen atoms in total. The lowest BCUT2D eigenvalue weighted by Crippen LogP contribution is -2.39. The zero-order valence-corrected chi connectivity index (χ0v) is 11.1. The van der Waals surface area contributed by atoms with Gasteiger partial charge in [0.05, 0.1) is 0 Å². The molecule has 1 N–H and O–H groups in total. The Balaban J connectivity index is 1.78. The Morgan fingerprint density at radius 1 is 1.33 bits per heavy atom. The smallest absolute Gasteiger partial charge is 0.316 e. The van der Waals surface area contributed by atoms with Crippen LogP contribution in [-0.4, -0.2) is 42.8 Å². The Labute approximate surface area is 107 Å². The van der Waals surface area contributed by atoms with Gasteiger partial charge in [-0.15, -0.1) is 0 Å². The third-order valence-electron chi connectivity index (χ3n) is 4.63. The molecule has 0 bridgehead atoms. The number of halogens is 3. The predicted molar refractivity (Wildman–Crippen MR) is 65.4 cm³/mol. The Hall–Kier alpha value is -0.290. The molecule has 106 valence electrons. The summed E-state index contributed by atoms with van der Waals surface area (Å²) in [5, 5.41) is 3.40. The van der Waals surface area contributed by atoms with Crippen LogP contribution in [0.3, 0.4) is 0 Å². The van der Waals surface area contributed by atoms with Crippen LogP contribution in [0.2, 0.25) is 0 Å². The molecule has 0 aromatic rings. The van der Waals surface area contributed by atoms with E-state index in [9.17, 15) is 13.2 Å². The average Bonchev–Trinajstić information content (AvgIpc) is 2.80. The third-order valence-corrected chi connectivity index (χ3v) is 4.63. The topological polar surface area (TPSA) is 15.3 Å². The van der Waals surface area contributed by atoms with Crippen molar-refractivity contribution in [3.05, 3.63) is 0 Å². The molecular formula is C13H23F3N2. The summed E-state index contributed by atoms with van der Waals surface area (Å²) >= 11 is 0. The lowest BCUT2D eigenvalue weighted by atomic mass is 9.95. The van der Waals surface area contributed by atoms with E-state index in [1.807, 2.05) is 0 Å². The first-order valence-electron chi connectivity index (χ1n) is 6.91. The van der Waals surface area contributed by atoms with Crippen LogP contribution >= 0.6 is 0 Å². The fraction of sp³-hybridized carbons (Fsp3) is 1.00. The molecule has 2 saturated heterocycles. The van der Waals surface area contributed by atoms with Crippen LogP contribution in [0, 0.1) is 11.8 Å². The van der Waals surface area contributed by atoms with Gasteiger partial charge in [-0.2, -0.15) is 13.2 Å². The van der Waals surface area contributed by atoms with Crippen molar-refractivity contribution in [2.24, 2.45) is 11.8 Å². The second-order valence-electron chi connectivity index (χ2n) is 5.88. The van der Waals surface area contributed by atoms with Crippen molar-refractivity contribution in [2.45, 2.75) is 51.4 Å². The monoisotopic (exact) mass is 264 g/mol. The first kappa shape index (κ1) is 14.1. The van der Waals surface area contributed by atoms with Gasteiger partial charge in [-0.1, -0.05) is 0 Å². The lowest BCUT2D eigenvalue weighted by molar-refractivity contribution is -0.136. The minimum atomic E-state index is -4.00. The number of rotatable bonds is 4. The maximum atomic E-state index is 12.1. The van der Waals surface area contributed by atoms with Gasteiger partial charge in [-0.05, 0) is 51.6 Å². The number of alkyl halides is 3. The summed E-state index contributed by atoms with van der Waals surface area (Å²) in [6.45, 7) is 7.48. The molecule has 0 spiro atoms. The number of hydrogen-bond acceptors (Lipinski definition) is 2. The van der Waals surface area contributed by atoms with Crippen LogP contribution in [0.5, 0.6) is 0 Å². The Kier molecular flexibility index (Phi) is 4.22. The van der Waals surface area contributed by atoms with Crippen molar-refractivity contribution in [1.82, 2.24) is 10.2 Å². The molecule has 4 unspecified atom stereocenters. The summed E-state index contributed by atoms with van der Waals surface area (Å²) in [6.07, 6.45) is -3.75. The average molecular weight is 264 g/mol. The predicted octanol–water partition coefficient (Wildman–Crippen LogP) is 2.65. The molecule has 5 heteroatoms. The van der Waals surface area contributed by atoms with E-state index in [-0.39, 0.29) is 12.5 Å². The second-order valence-corrected chi connectivity index (χ2v) is 5.88. The highest BCUT2D eigenvalue weighted by Crippen LogP contribution is 2.34. The molecule has 18 heavy (non-hydrogen) atoms. The SMILES string of the molecule is CC(CCCC(F)(F)F)N1CC2CNCC2C1C. The molecule has 0 aromatic carbocycles. The lowest BCUT2D eigenvalue weighted by Gasteiger charge is -2.30. The van der Waals surface area contributed by atoms with Gasteiger partial charge < -0.3 is 5.32 Å². The molecule has 0 aromatic heterocycles. The van der Waals surface area contributed by atoms with E-state index in [0.717, 1.165) is 19.6 Å². The molecule has 2 aliphatic rings. The van der Waals surface area contributed by atoms with E-state index in [1.54, 1.807) is 0 Å². The number of hydrogen-bond donors (Lipinski definition) is 1. The highest BCUT2D eigenvalue weighted by atomic mass is 19.4. The molecule has 0 aliphatic carbocycles. The van der Waals surface area contributed by atoms with Gasteiger partial charge in [0.2, 0.25) is 0 Å². The highest BCUT2D eigenvalue weighted by Gasteiger charge is 2.43. The fourth-order valence-electron chi connectivity index (χ4n) is 3.55. The van der Waals surface area contributed by atoms with Crippen LogP contribution in [0.1, 0.15) is 33.1 Å². The van der Waals surface area contributed by atoms with E-state index < -0.39 is 12.6 Å². The highest BCUT2D eigenvalue weighted by molar-refractivity contribution is 4.97. The van der Waals surface area contributed by atoms with Gasteiger partial charge in [0.1, 0.15) is 0 Å². The summed E-state index contributed by atoms with van der Waals surface area (Å²) in [4.78, 5) is 2.41. The van der Waals surface area contributed by atoms with E-state index in [2.05, 4.69) is 24.1 Å². The second kappa shape index (κ2) is 5.37. The van der Waals surface area contributed by atoms with E-state index >= 15 is 0 Å². The van der Waals surface area contributed by atoms with Crippen molar-refractivity contribution in [3.63, 3.8) is 0 Å². The normalized spacial score (nSPS) is 34.8. The summed E-state index contributed by atoms with van der Waals surface area (Å²) in [7, 11) is 0. The van der Waals surface area contributed by atoms with Gasteiger partial charge in [-0.25, -0.2) is 0 Å².